The van der Waals surface area contributed by atoms with Crippen LogP contribution in [-0.2, 0) is 16.0 Å². The lowest BCUT2D eigenvalue weighted by atomic mass is 10.1. The lowest BCUT2D eigenvalue weighted by Gasteiger charge is -2.32. The molecule has 1 unspecified atom stereocenters. The normalized spacial score (nSPS) is 16.7. The summed E-state index contributed by atoms with van der Waals surface area (Å²) in [5.41, 5.74) is 7.46. The predicted octanol–water partition coefficient (Wildman–Crippen LogP) is 1.07. The number of hydrogen-bond acceptors (Lipinski definition) is 4. The molecule has 3 N–H and O–H groups in total. The Morgan fingerprint density at radius 3 is 2.38 bits per heavy atom. The van der Waals surface area contributed by atoms with Crippen LogP contribution in [0.4, 0.5) is 5.69 Å². The van der Waals surface area contributed by atoms with Gasteiger partial charge in [-0.05, 0) is 31.2 Å². The molecule has 0 bridgehead atoms. The van der Waals surface area contributed by atoms with Crippen molar-refractivity contribution in [2.45, 2.75) is 32.2 Å². The number of hydrogen-bond donors (Lipinski definition) is 2. The zero-order valence-corrected chi connectivity index (χ0v) is 14.6. The molecule has 1 heterocycles. The molecule has 132 valence electrons. The second-order valence-corrected chi connectivity index (χ2v) is 6.44. The van der Waals surface area contributed by atoms with Gasteiger partial charge in [0, 0.05) is 31.9 Å². The molecule has 1 aromatic rings. The van der Waals surface area contributed by atoms with Crippen molar-refractivity contribution in [3.63, 3.8) is 0 Å². The molecule has 24 heavy (non-hydrogen) atoms. The SMILES string of the molecule is CCCC(N)C(=O)Nc1ccc(CC(=O)N2CCN(C)CC2)cc1. The summed E-state index contributed by atoms with van der Waals surface area (Å²) in [7, 11) is 2.07. The number of rotatable bonds is 6. The Balaban J connectivity index is 1.85. The minimum atomic E-state index is -0.478. The molecule has 6 heteroatoms. The van der Waals surface area contributed by atoms with E-state index in [0.29, 0.717) is 18.5 Å². The molecule has 6 nitrogen and oxygen atoms in total. The van der Waals surface area contributed by atoms with Crippen molar-refractivity contribution >= 4 is 17.5 Å². The highest BCUT2D eigenvalue weighted by Gasteiger charge is 2.19. The van der Waals surface area contributed by atoms with Gasteiger partial charge in [0.25, 0.3) is 0 Å². The molecule has 1 aromatic carbocycles. The molecule has 0 aliphatic carbocycles. The first-order chi connectivity index (χ1) is 11.5. The van der Waals surface area contributed by atoms with Crippen LogP contribution in [0.5, 0.6) is 0 Å². The fourth-order valence-electron chi connectivity index (χ4n) is 2.73. The van der Waals surface area contributed by atoms with Crippen LogP contribution in [0.25, 0.3) is 0 Å². The number of nitrogens with two attached hydrogens (primary N) is 1. The number of likely N-dealkylation sites (N-methyl/N-ethyl adjacent to an activating group) is 1. The highest BCUT2D eigenvalue weighted by molar-refractivity contribution is 5.94. The fraction of sp³-hybridized carbons (Fsp3) is 0.556. The average Bonchev–Trinajstić information content (AvgIpc) is 2.57. The standard InChI is InChI=1S/C18H28N4O2/c1-3-4-16(19)18(24)20-15-7-5-14(6-8-15)13-17(23)22-11-9-21(2)10-12-22/h5-8,16H,3-4,9-13,19H2,1-2H3,(H,20,24). The maximum absolute atomic E-state index is 12.3. The number of carbonyl (C=O) groups is 2. The van der Waals surface area contributed by atoms with Crippen molar-refractivity contribution in [1.29, 1.82) is 0 Å². The summed E-state index contributed by atoms with van der Waals surface area (Å²) in [5.74, 6) is -0.0111. The summed E-state index contributed by atoms with van der Waals surface area (Å²) < 4.78 is 0. The maximum atomic E-state index is 12.3. The van der Waals surface area contributed by atoms with Crippen LogP contribution >= 0.6 is 0 Å². The molecular formula is C18H28N4O2. The Morgan fingerprint density at radius 2 is 1.79 bits per heavy atom. The van der Waals surface area contributed by atoms with Gasteiger partial charge in [0.2, 0.25) is 11.8 Å². The third kappa shape index (κ3) is 5.32. The molecule has 0 saturated carbocycles. The van der Waals surface area contributed by atoms with Crippen molar-refractivity contribution in [3.05, 3.63) is 29.8 Å². The lowest BCUT2D eigenvalue weighted by molar-refractivity contribution is -0.132. The predicted molar refractivity (Wildman–Crippen MR) is 95.7 cm³/mol. The van der Waals surface area contributed by atoms with Gasteiger partial charge in [-0.15, -0.1) is 0 Å². The number of piperazine rings is 1. The number of benzene rings is 1. The maximum Gasteiger partial charge on any atom is 0.241 e. The van der Waals surface area contributed by atoms with Gasteiger partial charge in [-0.1, -0.05) is 25.5 Å². The molecule has 1 atom stereocenters. The monoisotopic (exact) mass is 332 g/mol. The van der Waals surface area contributed by atoms with E-state index in [2.05, 4.69) is 17.3 Å². The van der Waals surface area contributed by atoms with Crippen LogP contribution in [0.2, 0.25) is 0 Å². The first-order valence-electron chi connectivity index (χ1n) is 8.61. The number of amides is 2. The van der Waals surface area contributed by atoms with Gasteiger partial charge in [-0.3, -0.25) is 9.59 Å². The molecule has 0 spiro atoms. The summed E-state index contributed by atoms with van der Waals surface area (Å²) in [5, 5.41) is 2.81. The minimum absolute atomic E-state index is 0.157. The molecule has 1 fully saturated rings. The van der Waals surface area contributed by atoms with Gasteiger partial charge in [0.1, 0.15) is 0 Å². The summed E-state index contributed by atoms with van der Waals surface area (Å²) in [6, 6.07) is 6.93. The molecule has 2 rings (SSSR count). The Kier molecular flexibility index (Phi) is 6.75. The van der Waals surface area contributed by atoms with Crippen molar-refractivity contribution in [3.8, 4) is 0 Å². The second kappa shape index (κ2) is 8.80. The van der Waals surface area contributed by atoms with Gasteiger partial charge in [-0.25, -0.2) is 0 Å². The topological polar surface area (TPSA) is 78.7 Å². The van der Waals surface area contributed by atoms with E-state index in [0.717, 1.165) is 38.2 Å². The Labute approximate surface area is 144 Å². The number of carbonyl (C=O) groups excluding carboxylic acids is 2. The number of nitrogens with zero attached hydrogens (tertiary/aromatic N) is 2. The Morgan fingerprint density at radius 1 is 1.17 bits per heavy atom. The second-order valence-electron chi connectivity index (χ2n) is 6.44. The van der Waals surface area contributed by atoms with Crippen molar-refractivity contribution in [1.82, 2.24) is 9.80 Å². The average molecular weight is 332 g/mol. The molecule has 2 amide bonds. The molecule has 1 aliphatic rings. The van der Waals surface area contributed by atoms with Crippen molar-refractivity contribution < 1.29 is 9.59 Å². The van der Waals surface area contributed by atoms with Crippen LogP contribution in [0.1, 0.15) is 25.3 Å². The van der Waals surface area contributed by atoms with E-state index < -0.39 is 6.04 Å². The van der Waals surface area contributed by atoms with Gasteiger partial charge < -0.3 is 20.9 Å². The Bertz CT molecular complexity index is 551. The van der Waals surface area contributed by atoms with Crippen LogP contribution in [0.15, 0.2) is 24.3 Å². The summed E-state index contributed by atoms with van der Waals surface area (Å²) >= 11 is 0. The fourth-order valence-corrected chi connectivity index (χ4v) is 2.73. The highest BCUT2D eigenvalue weighted by Crippen LogP contribution is 2.12. The lowest BCUT2D eigenvalue weighted by Crippen LogP contribution is -2.47. The van der Waals surface area contributed by atoms with Crippen LogP contribution < -0.4 is 11.1 Å². The van der Waals surface area contributed by atoms with Crippen LogP contribution in [0.3, 0.4) is 0 Å². The summed E-state index contributed by atoms with van der Waals surface area (Å²) in [6.07, 6.45) is 1.94. The molecule has 0 radical (unpaired) electrons. The molecule has 0 aromatic heterocycles. The van der Waals surface area contributed by atoms with E-state index in [1.165, 1.54) is 0 Å². The van der Waals surface area contributed by atoms with E-state index >= 15 is 0 Å². The van der Waals surface area contributed by atoms with Crippen LogP contribution in [0, 0.1) is 0 Å². The van der Waals surface area contributed by atoms with E-state index in [1.807, 2.05) is 36.1 Å². The number of nitrogens with one attached hydrogen (secondary N) is 1. The zero-order valence-electron chi connectivity index (χ0n) is 14.6. The first kappa shape index (κ1) is 18.4. The smallest absolute Gasteiger partial charge is 0.241 e. The third-order valence-corrected chi connectivity index (χ3v) is 4.37. The highest BCUT2D eigenvalue weighted by atomic mass is 16.2. The van der Waals surface area contributed by atoms with E-state index in [4.69, 9.17) is 5.73 Å². The van der Waals surface area contributed by atoms with Gasteiger partial charge in [-0.2, -0.15) is 0 Å². The quantitative estimate of drug-likeness (QED) is 0.817. The minimum Gasteiger partial charge on any atom is -0.340 e. The largest absolute Gasteiger partial charge is 0.340 e. The van der Waals surface area contributed by atoms with Crippen molar-refractivity contribution in [2.24, 2.45) is 5.73 Å². The van der Waals surface area contributed by atoms with Gasteiger partial charge >= 0.3 is 0 Å². The zero-order chi connectivity index (χ0) is 17.5. The van der Waals surface area contributed by atoms with Gasteiger partial charge in [0.05, 0.1) is 12.5 Å². The van der Waals surface area contributed by atoms with E-state index in [1.54, 1.807) is 0 Å². The van der Waals surface area contributed by atoms with Crippen molar-refractivity contribution in [2.75, 3.05) is 38.5 Å². The summed E-state index contributed by atoms with van der Waals surface area (Å²) in [4.78, 5) is 28.4. The molecular weight excluding hydrogens is 304 g/mol. The van der Waals surface area contributed by atoms with Gasteiger partial charge in [0.15, 0.2) is 0 Å². The first-order valence-corrected chi connectivity index (χ1v) is 8.61. The third-order valence-electron chi connectivity index (χ3n) is 4.37. The number of anilines is 1. The Hall–Kier alpha value is -1.92. The van der Waals surface area contributed by atoms with E-state index in [9.17, 15) is 9.59 Å². The van der Waals surface area contributed by atoms with Crippen LogP contribution in [-0.4, -0.2) is 60.9 Å². The molecule has 1 saturated heterocycles. The van der Waals surface area contributed by atoms with E-state index in [-0.39, 0.29) is 11.8 Å². The molecule has 1 aliphatic heterocycles. The summed E-state index contributed by atoms with van der Waals surface area (Å²) in [6.45, 7) is 5.43.